The number of aromatic nitrogens is 1. The van der Waals surface area contributed by atoms with Crippen LogP contribution in [0.2, 0.25) is 0 Å². The molecule has 2 amide bonds. The van der Waals surface area contributed by atoms with E-state index >= 15 is 0 Å². The lowest BCUT2D eigenvalue weighted by atomic mass is 10.0. The minimum Gasteiger partial charge on any atom is -0.495 e. The van der Waals surface area contributed by atoms with Gasteiger partial charge in [-0.3, -0.25) is 14.6 Å². The van der Waals surface area contributed by atoms with Crippen molar-refractivity contribution in [3.05, 3.63) is 65.9 Å². The van der Waals surface area contributed by atoms with Gasteiger partial charge in [0.05, 0.1) is 25.4 Å². The van der Waals surface area contributed by atoms with E-state index in [0.29, 0.717) is 18.7 Å². The van der Waals surface area contributed by atoms with Gasteiger partial charge in [-0.2, -0.15) is 0 Å². The summed E-state index contributed by atoms with van der Waals surface area (Å²) in [4.78, 5) is 32.6. The number of hydrogen-bond donors (Lipinski definition) is 1. The van der Waals surface area contributed by atoms with Crippen LogP contribution in [0.3, 0.4) is 0 Å². The van der Waals surface area contributed by atoms with Gasteiger partial charge < -0.3 is 15.0 Å². The van der Waals surface area contributed by atoms with Crippen LogP contribution >= 0.6 is 0 Å². The smallest absolute Gasteiger partial charge is 0.249 e. The fourth-order valence-electron chi connectivity index (χ4n) is 4.19. The molecule has 2 heterocycles. The molecule has 0 spiro atoms. The Hall–Kier alpha value is -3.41. The number of carbonyl (C=O) groups excluding carboxylic acids is 2. The Balaban J connectivity index is 1.76. The van der Waals surface area contributed by atoms with Gasteiger partial charge in [0.25, 0.3) is 0 Å². The number of aryl methyl sites for hydroxylation is 1. The van der Waals surface area contributed by atoms with Gasteiger partial charge in [-0.25, -0.2) is 0 Å². The van der Waals surface area contributed by atoms with Crippen LogP contribution in [0.15, 0.2) is 54.7 Å². The lowest BCUT2D eigenvalue weighted by Gasteiger charge is -2.28. The minimum absolute atomic E-state index is 0.0799. The first-order chi connectivity index (χ1) is 15.5. The summed E-state index contributed by atoms with van der Waals surface area (Å²) >= 11 is 0. The van der Waals surface area contributed by atoms with Crippen LogP contribution in [0.1, 0.15) is 37.8 Å². The monoisotopic (exact) mass is 431 g/mol. The summed E-state index contributed by atoms with van der Waals surface area (Å²) in [7, 11) is 1.61. The number of nitrogens with zero attached hydrogens (tertiary/aromatic N) is 2. The van der Waals surface area contributed by atoms with Crippen molar-refractivity contribution >= 4 is 28.4 Å². The Kier molecular flexibility index (Phi) is 6.40. The second-order valence-corrected chi connectivity index (χ2v) is 8.28. The van der Waals surface area contributed by atoms with E-state index in [2.05, 4.69) is 16.4 Å². The average molecular weight is 432 g/mol. The van der Waals surface area contributed by atoms with Crippen LogP contribution in [0.5, 0.6) is 5.75 Å². The normalized spacial score (nSPS) is 16.9. The summed E-state index contributed by atoms with van der Waals surface area (Å²) in [5, 5.41) is 3.95. The zero-order chi connectivity index (χ0) is 22.7. The summed E-state index contributed by atoms with van der Waals surface area (Å²) in [6.07, 6.45) is 3.73. The number of hydrogen-bond acceptors (Lipinski definition) is 4. The van der Waals surface area contributed by atoms with E-state index in [1.807, 2.05) is 56.3 Å². The maximum absolute atomic E-state index is 13.7. The number of nitrogens with one attached hydrogen (secondary N) is 1. The molecule has 0 saturated heterocycles. The van der Waals surface area contributed by atoms with E-state index in [0.717, 1.165) is 40.6 Å². The SMILES string of the molecule is CC[C@@H](C)C(=O)N[C@H]1CCc2ccccc2N(Cc2c(OC)cnc3ccccc23)C1=O. The molecular weight excluding hydrogens is 402 g/mol. The third-order valence-electron chi connectivity index (χ3n) is 6.31. The zero-order valence-electron chi connectivity index (χ0n) is 18.8. The van der Waals surface area contributed by atoms with E-state index in [4.69, 9.17) is 4.74 Å². The molecule has 6 heteroatoms. The van der Waals surface area contributed by atoms with E-state index in [1.165, 1.54) is 0 Å². The molecule has 32 heavy (non-hydrogen) atoms. The number of amides is 2. The number of pyridine rings is 1. The van der Waals surface area contributed by atoms with Crippen molar-refractivity contribution < 1.29 is 14.3 Å². The summed E-state index contributed by atoms with van der Waals surface area (Å²) < 4.78 is 5.62. The maximum Gasteiger partial charge on any atom is 0.249 e. The number of benzene rings is 2. The number of para-hydroxylation sites is 2. The van der Waals surface area contributed by atoms with Crippen LogP contribution < -0.4 is 15.0 Å². The molecule has 0 unspecified atom stereocenters. The largest absolute Gasteiger partial charge is 0.495 e. The second-order valence-electron chi connectivity index (χ2n) is 8.28. The van der Waals surface area contributed by atoms with Crippen molar-refractivity contribution in [2.45, 2.75) is 45.7 Å². The number of anilines is 1. The zero-order valence-corrected chi connectivity index (χ0v) is 18.8. The van der Waals surface area contributed by atoms with Gasteiger partial charge in [0, 0.05) is 22.6 Å². The first kappa shape index (κ1) is 21.8. The molecule has 0 bridgehead atoms. The fraction of sp³-hybridized carbons (Fsp3) is 0.346. The molecule has 2 atom stereocenters. The van der Waals surface area contributed by atoms with Gasteiger partial charge in [-0.1, -0.05) is 50.2 Å². The molecule has 6 nitrogen and oxygen atoms in total. The number of methoxy groups -OCH3 is 1. The summed E-state index contributed by atoms with van der Waals surface area (Å²) in [5.74, 6) is 0.322. The number of ether oxygens (including phenoxy) is 1. The van der Waals surface area contributed by atoms with E-state index in [1.54, 1.807) is 18.2 Å². The van der Waals surface area contributed by atoms with Gasteiger partial charge in [0.1, 0.15) is 11.8 Å². The average Bonchev–Trinajstić information content (AvgIpc) is 2.95. The summed E-state index contributed by atoms with van der Waals surface area (Å²) in [6.45, 7) is 4.19. The molecule has 2 aromatic carbocycles. The quantitative estimate of drug-likeness (QED) is 0.633. The van der Waals surface area contributed by atoms with Gasteiger partial charge in [-0.05, 0) is 37.0 Å². The van der Waals surface area contributed by atoms with Gasteiger partial charge in [0.2, 0.25) is 11.8 Å². The lowest BCUT2D eigenvalue weighted by Crippen LogP contribution is -2.49. The molecule has 4 rings (SSSR count). The fourth-order valence-corrected chi connectivity index (χ4v) is 4.19. The van der Waals surface area contributed by atoms with Crippen LogP contribution in [0.4, 0.5) is 5.69 Å². The maximum atomic E-state index is 13.7. The van der Waals surface area contributed by atoms with Gasteiger partial charge in [-0.15, -0.1) is 0 Å². The molecular formula is C26H29N3O3. The highest BCUT2D eigenvalue weighted by molar-refractivity contribution is 6.01. The molecule has 1 aliphatic rings. The Labute approximate surface area is 188 Å². The lowest BCUT2D eigenvalue weighted by molar-refractivity contribution is -0.129. The standard InChI is InChI=1S/C26H29N3O3/c1-4-17(2)25(30)28-22-14-13-18-9-5-8-12-23(18)29(26(22)31)16-20-19-10-6-7-11-21(19)27-15-24(20)32-3/h5-12,15,17,22H,4,13-14,16H2,1-3H3,(H,28,30)/t17-,22+/m1/s1. The topological polar surface area (TPSA) is 71.5 Å². The first-order valence-corrected chi connectivity index (χ1v) is 11.1. The van der Waals surface area contributed by atoms with Gasteiger partial charge >= 0.3 is 0 Å². The second kappa shape index (κ2) is 9.39. The van der Waals surface area contributed by atoms with Crippen LogP contribution in [-0.4, -0.2) is 29.9 Å². The highest BCUT2D eigenvalue weighted by Gasteiger charge is 2.32. The van der Waals surface area contributed by atoms with Crippen molar-refractivity contribution in [1.29, 1.82) is 0 Å². The predicted molar refractivity (Wildman–Crippen MR) is 126 cm³/mol. The molecule has 3 aromatic rings. The molecule has 0 fully saturated rings. The molecule has 1 N–H and O–H groups in total. The Morgan fingerprint density at radius 2 is 1.97 bits per heavy atom. The molecule has 1 aromatic heterocycles. The van der Waals surface area contributed by atoms with Gasteiger partial charge in [0.15, 0.2) is 0 Å². The summed E-state index contributed by atoms with van der Waals surface area (Å²) in [5.41, 5.74) is 3.72. The number of fused-ring (bicyclic) bond motifs is 2. The van der Waals surface area contributed by atoms with Crippen molar-refractivity contribution in [2.75, 3.05) is 12.0 Å². The Bertz CT molecular complexity index is 1140. The third-order valence-corrected chi connectivity index (χ3v) is 6.31. The number of carbonyl (C=O) groups is 2. The van der Waals surface area contributed by atoms with E-state index < -0.39 is 6.04 Å². The first-order valence-electron chi connectivity index (χ1n) is 11.1. The van der Waals surface area contributed by atoms with E-state index in [9.17, 15) is 9.59 Å². The van der Waals surface area contributed by atoms with Crippen molar-refractivity contribution in [2.24, 2.45) is 5.92 Å². The third kappa shape index (κ3) is 4.17. The van der Waals surface area contributed by atoms with Crippen LogP contribution in [0, 0.1) is 5.92 Å². The van der Waals surface area contributed by atoms with Crippen molar-refractivity contribution in [1.82, 2.24) is 10.3 Å². The molecule has 0 aliphatic carbocycles. The van der Waals surface area contributed by atoms with E-state index in [-0.39, 0.29) is 17.7 Å². The van der Waals surface area contributed by atoms with Crippen LogP contribution in [0.25, 0.3) is 10.9 Å². The van der Waals surface area contributed by atoms with Crippen LogP contribution in [-0.2, 0) is 22.6 Å². The number of rotatable bonds is 6. The highest BCUT2D eigenvalue weighted by Crippen LogP contribution is 2.33. The van der Waals surface area contributed by atoms with Crippen molar-refractivity contribution in [3.63, 3.8) is 0 Å². The van der Waals surface area contributed by atoms with Crippen molar-refractivity contribution in [3.8, 4) is 5.75 Å². The summed E-state index contributed by atoms with van der Waals surface area (Å²) in [6, 6.07) is 15.2. The molecule has 0 saturated carbocycles. The highest BCUT2D eigenvalue weighted by atomic mass is 16.5. The Morgan fingerprint density at radius 3 is 2.75 bits per heavy atom. The minimum atomic E-state index is -0.567. The molecule has 1 aliphatic heterocycles. The Morgan fingerprint density at radius 1 is 1.22 bits per heavy atom. The molecule has 166 valence electrons. The predicted octanol–water partition coefficient (Wildman–Crippen LogP) is 4.25. The molecule has 0 radical (unpaired) electrons.